The first-order valence-electron chi connectivity index (χ1n) is 5.13. The molecule has 0 aliphatic rings. The van der Waals surface area contributed by atoms with Crippen molar-refractivity contribution in [1.29, 1.82) is 0 Å². The molecule has 0 aliphatic carbocycles. The Balaban J connectivity index is 2.28. The number of nitrogen functional groups attached to an aromatic ring is 1. The van der Waals surface area contributed by atoms with Gasteiger partial charge in [-0.1, -0.05) is 18.2 Å². The summed E-state index contributed by atoms with van der Waals surface area (Å²) in [6.45, 7) is 3.86. The Kier molecular flexibility index (Phi) is 2.77. The zero-order chi connectivity index (χ0) is 11.5. The molecule has 2 N–H and O–H groups in total. The molecule has 16 heavy (non-hydrogen) atoms. The predicted octanol–water partition coefficient (Wildman–Crippen LogP) is 3.07. The fraction of sp³-hybridized carbons (Fsp3) is 0.154. The van der Waals surface area contributed by atoms with Crippen molar-refractivity contribution in [3.63, 3.8) is 0 Å². The summed E-state index contributed by atoms with van der Waals surface area (Å²) in [7, 11) is 0. The van der Waals surface area contributed by atoms with Crippen LogP contribution in [0.4, 0.5) is 5.69 Å². The highest BCUT2D eigenvalue weighted by molar-refractivity contribution is 5.44. The maximum atomic E-state index is 5.69. The van der Waals surface area contributed by atoms with Crippen molar-refractivity contribution in [2.45, 2.75) is 13.8 Å². The number of rotatable bonds is 2. The topological polar surface area (TPSA) is 48.1 Å². The van der Waals surface area contributed by atoms with E-state index in [2.05, 4.69) is 4.98 Å². The number of hydrogen-bond acceptors (Lipinski definition) is 3. The maximum absolute atomic E-state index is 5.69. The van der Waals surface area contributed by atoms with E-state index in [-0.39, 0.29) is 0 Å². The number of aryl methyl sites for hydroxylation is 2. The van der Waals surface area contributed by atoms with E-state index in [1.165, 1.54) is 0 Å². The largest absolute Gasteiger partial charge is 0.439 e. The number of para-hydroxylation sites is 1. The van der Waals surface area contributed by atoms with Crippen LogP contribution >= 0.6 is 0 Å². The lowest BCUT2D eigenvalue weighted by atomic mass is 10.2. The average Bonchev–Trinajstić information content (AvgIpc) is 2.27. The molecule has 0 unspecified atom stereocenters. The highest BCUT2D eigenvalue weighted by Crippen LogP contribution is 2.24. The van der Waals surface area contributed by atoms with Gasteiger partial charge in [0.2, 0.25) is 5.88 Å². The van der Waals surface area contributed by atoms with Gasteiger partial charge in [0, 0.05) is 6.07 Å². The summed E-state index contributed by atoms with van der Waals surface area (Å²) < 4.78 is 5.68. The maximum Gasteiger partial charge on any atom is 0.219 e. The summed E-state index contributed by atoms with van der Waals surface area (Å²) in [5.74, 6) is 1.39. The van der Waals surface area contributed by atoms with E-state index in [4.69, 9.17) is 10.5 Å². The van der Waals surface area contributed by atoms with Crippen LogP contribution in [0.5, 0.6) is 11.6 Å². The quantitative estimate of drug-likeness (QED) is 0.835. The van der Waals surface area contributed by atoms with E-state index in [1.54, 1.807) is 12.1 Å². The summed E-state index contributed by atoms with van der Waals surface area (Å²) in [6.07, 6.45) is 0. The predicted molar refractivity (Wildman–Crippen MR) is 64.6 cm³/mol. The standard InChI is InChI=1S/C13H14N2O/c1-9-5-3-4-6-12(9)16-13-8-7-11(14)10(2)15-13/h3-8H,14H2,1-2H3. The van der Waals surface area contributed by atoms with E-state index in [1.807, 2.05) is 38.1 Å². The van der Waals surface area contributed by atoms with Crippen LogP contribution in [0.3, 0.4) is 0 Å². The normalized spacial score (nSPS) is 10.1. The zero-order valence-electron chi connectivity index (χ0n) is 9.40. The van der Waals surface area contributed by atoms with Gasteiger partial charge in [0.25, 0.3) is 0 Å². The van der Waals surface area contributed by atoms with Gasteiger partial charge < -0.3 is 10.5 Å². The van der Waals surface area contributed by atoms with E-state index >= 15 is 0 Å². The number of benzene rings is 1. The molecule has 0 radical (unpaired) electrons. The van der Waals surface area contributed by atoms with Crippen molar-refractivity contribution in [1.82, 2.24) is 4.98 Å². The van der Waals surface area contributed by atoms with Crippen LogP contribution in [-0.4, -0.2) is 4.98 Å². The molecule has 0 amide bonds. The molecule has 0 fully saturated rings. The number of nitrogens with zero attached hydrogens (tertiary/aromatic N) is 1. The Morgan fingerprint density at radius 2 is 1.81 bits per heavy atom. The Labute approximate surface area is 94.9 Å². The highest BCUT2D eigenvalue weighted by Gasteiger charge is 2.03. The third-order valence-corrected chi connectivity index (χ3v) is 2.41. The van der Waals surface area contributed by atoms with Gasteiger partial charge in [0.15, 0.2) is 0 Å². The van der Waals surface area contributed by atoms with Crippen molar-refractivity contribution < 1.29 is 4.74 Å². The molecule has 0 saturated heterocycles. The van der Waals surface area contributed by atoms with Crippen molar-refractivity contribution in [3.8, 4) is 11.6 Å². The smallest absolute Gasteiger partial charge is 0.219 e. The zero-order valence-corrected chi connectivity index (χ0v) is 9.40. The van der Waals surface area contributed by atoms with Crippen molar-refractivity contribution in [2.75, 3.05) is 5.73 Å². The molecular formula is C13H14N2O. The fourth-order valence-electron chi connectivity index (χ4n) is 1.39. The Morgan fingerprint density at radius 3 is 2.50 bits per heavy atom. The Hall–Kier alpha value is -2.03. The number of aromatic nitrogens is 1. The van der Waals surface area contributed by atoms with Gasteiger partial charge in [-0.3, -0.25) is 0 Å². The molecule has 3 heteroatoms. The summed E-state index contributed by atoms with van der Waals surface area (Å²) in [5, 5.41) is 0. The molecular weight excluding hydrogens is 200 g/mol. The van der Waals surface area contributed by atoms with Crippen LogP contribution in [0, 0.1) is 13.8 Å². The van der Waals surface area contributed by atoms with Crippen LogP contribution in [0.15, 0.2) is 36.4 Å². The minimum Gasteiger partial charge on any atom is -0.439 e. The molecule has 1 heterocycles. The Morgan fingerprint density at radius 1 is 1.06 bits per heavy atom. The molecule has 2 rings (SSSR count). The number of pyridine rings is 1. The van der Waals surface area contributed by atoms with Crippen LogP contribution in [-0.2, 0) is 0 Å². The number of hydrogen-bond donors (Lipinski definition) is 1. The lowest BCUT2D eigenvalue weighted by Gasteiger charge is -2.08. The van der Waals surface area contributed by atoms with Gasteiger partial charge >= 0.3 is 0 Å². The lowest BCUT2D eigenvalue weighted by Crippen LogP contribution is -1.95. The van der Waals surface area contributed by atoms with E-state index in [0.29, 0.717) is 11.6 Å². The first kappa shape index (κ1) is 10.5. The van der Waals surface area contributed by atoms with E-state index in [9.17, 15) is 0 Å². The van der Waals surface area contributed by atoms with Crippen molar-refractivity contribution in [3.05, 3.63) is 47.7 Å². The van der Waals surface area contributed by atoms with Crippen LogP contribution in [0.1, 0.15) is 11.3 Å². The van der Waals surface area contributed by atoms with Gasteiger partial charge in [-0.05, 0) is 31.5 Å². The molecule has 0 saturated carbocycles. The third kappa shape index (κ3) is 2.14. The SMILES string of the molecule is Cc1ccccc1Oc1ccc(N)c(C)n1. The minimum absolute atomic E-state index is 0.570. The number of ether oxygens (including phenoxy) is 1. The van der Waals surface area contributed by atoms with Gasteiger partial charge in [-0.15, -0.1) is 0 Å². The van der Waals surface area contributed by atoms with Gasteiger partial charge in [0.05, 0.1) is 11.4 Å². The second-order valence-electron chi connectivity index (χ2n) is 3.69. The molecule has 0 atom stereocenters. The first-order chi connectivity index (χ1) is 7.66. The molecule has 2 aromatic rings. The summed E-state index contributed by atoms with van der Waals surface area (Å²) in [4.78, 5) is 4.26. The van der Waals surface area contributed by atoms with Crippen LogP contribution < -0.4 is 10.5 Å². The molecule has 1 aromatic heterocycles. The average molecular weight is 214 g/mol. The monoisotopic (exact) mass is 214 g/mol. The molecule has 0 bridgehead atoms. The van der Waals surface area contributed by atoms with E-state index in [0.717, 1.165) is 17.0 Å². The number of anilines is 1. The second kappa shape index (κ2) is 4.23. The number of nitrogens with two attached hydrogens (primary N) is 1. The second-order valence-corrected chi connectivity index (χ2v) is 3.69. The van der Waals surface area contributed by atoms with Crippen molar-refractivity contribution >= 4 is 5.69 Å². The highest BCUT2D eigenvalue weighted by atomic mass is 16.5. The fourth-order valence-corrected chi connectivity index (χ4v) is 1.39. The summed E-state index contributed by atoms with van der Waals surface area (Å²) in [6, 6.07) is 11.4. The Bertz CT molecular complexity index is 509. The summed E-state index contributed by atoms with van der Waals surface area (Å²) >= 11 is 0. The lowest BCUT2D eigenvalue weighted by molar-refractivity contribution is 0.458. The van der Waals surface area contributed by atoms with Gasteiger partial charge in [-0.2, -0.15) is 0 Å². The molecule has 1 aromatic carbocycles. The molecule has 3 nitrogen and oxygen atoms in total. The van der Waals surface area contributed by atoms with Gasteiger partial charge in [0.1, 0.15) is 5.75 Å². The van der Waals surface area contributed by atoms with Crippen molar-refractivity contribution in [2.24, 2.45) is 0 Å². The molecule has 0 spiro atoms. The third-order valence-electron chi connectivity index (χ3n) is 2.41. The molecule has 0 aliphatic heterocycles. The minimum atomic E-state index is 0.570. The van der Waals surface area contributed by atoms with Crippen LogP contribution in [0.25, 0.3) is 0 Å². The van der Waals surface area contributed by atoms with E-state index < -0.39 is 0 Å². The van der Waals surface area contributed by atoms with Crippen LogP contribution in [0.2, 0.25) is 0 Å². The molecule has 82 valence electrons. The first-order valence-corrected chi connectivity index (χ1v) is 5.13. The van der Waals surface area contributed by atoms with Gasteiger partial charge in [-0.25, -0.2) is 4.98 Å². The summed E-state index contributed by atoms with van der Waals surface area (Å²) in [5.41, 5.74) is 8.24.